The largest absolute Gasteiger partial charge is 0.338 e. The number of rotatable bonds is 5. The van der Waals surface area contributed by atoms with E-state index in [1.807, 2.05) is 57.0 Å². The lowest BCUT2D eigenvalue weighted by Crippen LogP contribution is -2.38. The van der Waals surface area contributed by atoms with Crippen LogP contribution in [0.5, 0.6) is 0 Å². The van der Waals surface area contributed by atoms with Gasteiger partial charge in [0.25, 0.3) is 0 Å². The van der Waals surface area contributed by atoms with Crippen LogP contribution in [0.1, 0.15) is 47.2 Å². The third-order valence-corrected chi connectivity index (χ3v) is 5.62. The van der Waals surface area contributed by atoms with Gasteiger partial charge in [0.2, 0.25) is 11.9 Å². The molecule has 4 heterocycles. The molecule has 0 saturated carbocycles. The molecule has 3 aromatic rings. The molecule has 8 nitrogen and oxygen atoms in total. The summed E-state index contributed by atoms with van der Waals surface area (Å²) in [6.07, 6.45) is 7.13. The first-order chi connectivity index (χ1) is 15.4. The van der Waals surface area contributed by atoms with Gasteiger partial charge in [0.15, 0.2) is 0 Å². The molecule has 1 saturated heterocycles. The number of carbonyl (C=O) groups is 1. The number of amides is 1. The molecule has 1 unspecified atom stereocenters. The van der Waals surface area contributed by atoms with E-state index in [1.54, 1.807) is 17.0 Å². The number of aromatic nitrogens is 5. The number of nitrogens with one attached hydrogen (secondary N) is 1. The van der Waals surface area contributed by atoms with Crippen molar-refractivity contribution in [3.63, 3.8) is 0 Å². The van der Waals surface area contributed by atoms with Gasteiger partial charge in [-0.15, -0.1) is 0 Å². The second-order valence-corrected chi connectivity index (χ2v) is 8.36. The summed E-state index contributed by atoms with van der Waals surface area (Å²) in [5.41, 5.74) is 5.57. The number of aryl methyl sites for hydroxylation is 4. The summed E-state index contributed by atoms with van der Waals surface area (Å²) in [4.78, 5) is 28.4. The Morgan fingerprint density at radius 3 is 2.56 bits per heavy atom. The van der Waals surface area contributed by atoms with Crippen LogP contribution in [0.2, 0.25) is 0 Å². The second kappa shape index (κ2) is 9.30. The standard InChI is InChI=1S/C24H29N7O/c1-16-12-17(2)28-24(27-16)29-20-13-18(3)26-22(14-20)19-6-5-11-31(15-19)23(32)8-7-21-9-10-25-30(21)4/h7-10,12-14,19H,5-6,11,15H2,1-4H3,(H,26,27,28,29). The first kappa shape index (κ1) is 21.7. The van der Waals surface area contributed by atoms with Crippen molar-refractivity contribution in [3.8, 4) is 0 Å². The van der Waals surface area contributed by atoms with Gasteiger partial charge in [-0.3, -0.25) is 14.5 Å². The van der Waals surface area contributed by atoms with Crippen molar-refractivity contribution in [2.75, 3.05) is 18.4 Å². The van der Waals surface area contributed by atoms with Crippen LogP contribution >= 0.6 is 0 Å². The van der Waals surface area contributed by atoms with Gasteiger partial charge in [-0.05, 0) is 64.0 Å². The first-order valence-electron chi connectivity index (χ1n) is 10.9. The average Bonchev–Trinajstić information content (AvgIpc) is 3.15. The fourth-order valence-electron chi connectivity index (χ4n) is 4.11. The van der Waals surface area contributed by atoms with E-state index in [0.29, 0.717) is 12.5 Å². The number of nitrogens with zero attached hydrogens (tertiary/aromatic N) is 6. The van der Waals surface area contributed by atoms with Gasteiger partial charge >= 0.3 is 0 Å². The summed E-state index contributed by atoms with van der Waals surface area (Å²) in [6, 6.07) is 7.88. The fraction of sp³-hybridized carbons (Fsp3) is 0.375. The Morgan fingerprint density at radius 2 is 1.84 bits per heavy atom. The fourth-order valence-corrected chi connectivity index (χ4v) is 4.11. The van der Waals surface area contributed by atoms with Gasteiger partial charge < -0.3 is 10.2 Å². The lowest BCUT2D eigenvalue weighted by molar-refractivity contribution is -0.127. The molecule has 0 aliphatic carbocycles. The van der Waals surface area contributed by atoms with E-state index in [4.69, 9.17) is 4.98 Å². The topological polar surface area (TPSA) is 88.8 Å². The molecule has 0 radical (unpaired) electrons. The van der Waals surface area contributed by atoms with Gasteiger partial charge in [0.05, 0.1) is 5.69 Å². The van der Waals surface area contributed by atoms with Crippen molar-refractivity contribution in [1.82, 2.24) is 29.6 Å². The van der Waals surface area contributed by atoms with Crippen molar-refractivity contribution in [2.24, 2.45) is 7.05 Å². The number of hydrogen-bond acceptors (Lipinski definition) is 6. The monoisotopic (exact) mass is 431 g/mol. The minimum absolute atomic E-state index is 0.0190. The zero-order valence-corrected chi connectivity index (χ0v) is 19.0. The van der Waals surface area contributed by atoms with Crippen LogP contribution < -0.4 is 5.32 Å². The molecule has 32 heavy (non-hydrogen) atoms. The normalized spacial score (nSPS) is 16.5. The third-order valence-electron chi connectivity index (χ3n) is 5.62. The van der Waals surface area contributed by atoms with Crippen LogP contribution in [-0.4, -0.2) is 48.6 Å². The van der Waals surface area contributed by atoms with Crippen LogP contribution in [0, 0.1) is 20.8 Å². The molecule has 0 spiro atoms. The molecule has 1 aliphatic heterocycles. The van der Waals surface area contributed by atoms with E-state index in [2.05, 4.69) is 26.4 Å². The predicted molar refractivity (Wildman–Crippen MR) is 125 cm³/mol. The smallest absolute Gasteiger partial charge is 0.246 e. The Kier molecular flexibility index (Phi) is 6.30. The molecule has 1 aliphatic rings. The number of piperidine rings is 1. The molecule has 166 valence electrons. The minimum atomic E-state index is 0.0190. The first-order valence-corrected chi connectivity index (χ1v) is 10.9. The molecule has 1 fully saturated rings. The number of pyridine rings is 1. The molecule has 8 heteroatoms. The maximum Gasteiger partial charge on any atom is 0.246 e. The highest BCUT2D eigenvalue weighted by Crippen LogP contribution is 2.28. The quantitative estimate of drug-likeness (QED) is 0.620. The Morgan fingerprint density at radius 1 is 1.09 bits per heavy atom. The molecule has 1 amide bonds. The maximum atomic E-state index is 12.8. The van der Waals surface area contributed by atoms with Gasteiger partial charge in [0, 0.05) is 66.8 Å². The SMILES string of the molecule is Cc1cc(Nc2nc(C)cc(C)n2)cc(C2CCCN(C(=O)C=Cc3ccnn3C)C2)n1. The Balaban J connectivity index is 1.48. The highest BCUT2D eigenvalue weighted by molar-refractivity contribution is 5.91. The Bertz CT molecular complexity index is 1130. The van der Waals surface area contributed by atoms with Gasteiger partial charge in [0.1, 0.15) is 0 Å². The zero-order valence-electron chi connectivity index (χ0n) is 19.0. The molecule has 3 aromatic heterocycles. The summed E-state index contributed by atoms with van der Waals surface area (Å²) < 4.78 is 1.74. The minimum Gasteiger partial charge on any atom is -0.338 e. The molecule has 0 bridgehead atoms. The van der Waals surface area contributed by atoms with Crippen molar-refractivity contribution < 1.29 is 4.79 Å². The molecule has 0 aromatic carbocycles. The van der Waals surface area contributed by atoms with E-state index >= 15 is 0 Å². The average molecular weight is 432 g/mol. The van der Waals surface area contributed by atoms with Crippen molar-refractivity contribution in [1.29, 1.82) is 0 Å². The number of hydrogen-bond donors (Lipinski definition) is 1. The van der Waals surface area contributed by atoms with Gasteiger partial charge in [-0.1, -0.05) is 0 Å². The van der Waals surface area contributed by atoms with Crippen LogP contribution in [0.4, 0.5) is 11.6 Å². The van der Waals surface area contributed by atoms with Gasteiger partial charge in [-0.2, -0.15) is 5.10 Å². The molecule has 1 atom stereocenters. The van der Waals surface area contributed by atoms with E-state index in [9.17, 15) is 4.79 Å². The highest BCUT2D eigenvalue weighted by atomic mass is 16.2. The van der Waals surface area contributed by atoms with E-state index in [-0.39, 0.29) is 11.8 Å². The van der Waals surface area contributed by atoms with Crippen LogP contribution in [-0.2, 0) is 11.8 Å². The summed E-state index contributed by atoms with van der Waals surface area (Å²) in [5, 5.41) is 7.45. The summed E-state index contributed by atoms with van der Waals surface area (Å²) in [6.45, 7) is 7.32. The van der Waals surface area contributed by atoms with Crippen LogP contribution in [0.25, 0.3) is 6.08 Å². The Labute approximate surface area is 188 Å². The molecule has 1 N–H and O–H groups in total. The number of carbonyl (C=O) groups excluding carboxylic acids is 1. The Hall–Kier alpha value is -3.55. The maximum absolute atomic E-state index is 12.8. The second-order valence-electron chi connectivity index (χ2n) is 8.36. The zero-order chi connectivity index (χ0) is 22.7. The summed E-state index contributed by atoms with van der Waals surface area (Å²) in [7, 11) is 1.86. The number of likely N-dealkylation sites (tertiary alicyclic amines) is 1. The molecular weight excluding hydrogens is 402 g/mol. The van der Waals surface area contributed by atoms with Crippen molar-refractivity contribution in [2.45, 2.75) is 39.5 Å². The third kappa shape index (κ3) is 5.19. The summed E-state index contributed by atoms with van der Waals surface area (Å²) >= 11 is 0. The van der Waals surface area contributed by atoms with E-state index in [0.717, 1.165) is 53.5 Å². The van der Waals surface area contributed by atoms with E-state index in [1.165, 1.54) is 0 Å². The van der Waals surface area contributed by atoms with Crippen molar-refractivity contribution in [3.05, 3.63) is 65.0 Å². The number of anilines is 2. The molecular formula is C24H29N7O. The van der Waals surface area contributed by atoms with Crippen LogP contribution in [0.15, 0.2) is 36.5 Å². The van der Waals surface area contributed by atoms with Crippen molar-refractivity contribution >= 4 is 23.6 Å². The van der Waals surface area contributed by atoms with E-state index < -0.39 is 0 Å². The lowest BCUT2D eigenvalue weighted by Gasteiger charge is -2.32. The lowest BCUT2D eigenvalue weighted by atomic mass is 9.93. The van der Waals surface area contributed by atoms with Crippen LogP contribution in [0.3, 0.4) is 0 Å². The highest BCUT2D eigenvalue weighted by Gasteiger charge is 2.25. The summed E-state index contributed by atoms with van der Waals surface area (Å²) in [5.74, 6) is 0.795. The predicted octanol–water partition coefficient (Wildman–Crippen LogP) is 3.69. The molecule has 4 rings (SSSR count). The van der Waals surface area contributed by atoms with Gasteiger partial charge in [-0.25, -0.2) is 9.97 Å².